The number of aliphatic hydroxyl groups is 1. The Bertz CT molecular complexity index is 1100. The first-order chi connectivity index (χ1) is 16.3. The fourth-order valence-corrected chi connectivity index (χ4v) is 4.84. The predicted molar refractivity (Wildman–Crippen MR) is 130 cm³/mol. The number of nitrogens with zero attached hydrogens (tertiary/aromatic N) is 2. The van der Waals surface area contributed by atoms with E-state index in [-0.39, 0.29) is 23.2 Å². The molecule has 4 rings (SSSR count). The Hall–Kier alpha value is -3.32. The summed E-state index contributed by atoms with van der Waals surface area (Å²) in [4.78, 5) is 30.1. The fourth-order valence-electron chi connectivity index (χ4n) is 4.84. The van der Waals surface area contributed by atoms with Gasteiger partial charge in [-0.05, 0) is 74.4 Å². The fraction of sp³-hybridized carbons (Fsp3) is 0.407. The highest BCUT2D eigenvalue weighted by atomic mass is 16.5. The van der Waals surface area contributed by atoms with Gasteiger partial charge in [0, 0.05) is 18.5 Å². The average molecular weight is 465 g/mol. The summed E-state index contributed by atoms with van der Waals surface area (Å²) in [6, 6.07) is 11.1. The zero-order valence-electron chi connectivity index (χ0n) is 20.0. The largest absolute Gasteiger partial charge is 0.508 e. The number of benzene rings is 2. The van der Waals surface area contributed by atoms with E-state index < -0.39 is 17.7 Å². The predicted octanol–water partition coefficient (Wildman–Crippen LogP) is 3.87. The molecule has 180 valence electrons. The number of phenolic OH excluding ortho intramolecular Hbond substituents is 1. The molecule has 0 aliphatic carbocycles. The van der Waals surface area contributed by atoms with Crippen molar-refractivity contribution in [3.63, 3.8) is 0 Å². The molecule has 0 saturated carbocycles. The molecule has 2 heterocycles. The van der Waals surface area contributed by atoms with Gasteiger partial charge in [-0.3, -0.25) is 9.59 Å². The standard InChI is InChI=1S/C27H32N2O5/c1-4-28(5-2)13-6-14-29-24(18-7-10-21(30)11-8-18)23(26(32)27(29)33)25(31)19-9-12-22-20(16-19)15-17(3)34-22/h7-12,16-17,24,30-31H,4-6,13-15H2,1-3H3/b25-23-. The van der Waals surface area contributed by atoms with Crippen LogP contribution in [0.1, 0.15) is 49.9 Å². The highest BCUT2D eigenvalue weighted by molar-refractivity contribution is 6.46. The quantitative estimate of drug-likeness (QED) is 0.350. The smallest absolute Gasteiger partial charge is 0.295 e. The Morgan fingerprint density at radius 2 is 1.82 bits per heavy atom. The Balaban J connectivity index is 1.72. The van der Waals surface area contributed by atoms with Gasteiger partial charge in [-0.1, -0.05) is 26.0 Å². The summed E-state index contributed by atoms with van der Waals surface area (Å²) in [5, 5.41) is 21.0. The number of carbonyl (C=O) groups excluding carboxylic acids is 2. The highest BCUT2D eigenvalue weighted by Gasteiger charge is 2.45. The number of fused-ring (bicyclic) bond motifs is 1. The van der Waals surface area contributed by atoms with Gasteiger partial charge in [0.15, 0.2) is 0 Å². The molecule has 1 amide bonds. The van der Waals surface area contributed by atoms with Crippen LogP contribution in [-0.2, 0) is 16.0 Å². The van der Waals surface area contributed by atoms with Gasteiger partial charge in [-0.15, -0.1) is 0 Å². The molecule has 2 atom stereocenters. The third-order valence-corrected chi connectivity index (χ3v) is 6.69. The van der Waals surface area contributed by atoms with Crippen molar-refractivity contribution >= 4 is 17.4 Å². The van der Waals surface area contributed by atoms with E-state index in [4.69, 9.17) is 4.74 Å². The number of likely N-dealkylation sites (tertiary alicyclic amines) is 1. The van der Waals surface area contributed by atoms with Crippen LogP contribution >= 0.6 is 0 Å². The van der Waals surface area contributed by atoms with Crippen LogP contribution in [0.15, 0.2) is 48.0 Å². The van der Waals surface area contributed by atoms with Crippen LogP contribution in [-0.4, -0.2) is 64.0 Å². The van der Waals surface area contributed by atoms with Gasteiger partial charge in [0.05, 0.1) is 11.6 Å². The van der Waals surface area contributed by atoms with Gasteiger partial charge in [-0.25, -0.2) is 0 Å². The van der Waals surface area contributed by atoms with Crippen LogP contribution in [0.5, 0.6) is 11.5 Å². The molecule has 0 spiro atoms. The first-order valence-corrected chi connectivity index (χ1v) is 11.9. The zero-order chi connectivity index (χ0) is 24.4. The summed E-state index contributed by atoms with van der Waals surface area (Å²) in [6.45, 7) is 9.19. The minimum atomic E-state index is -0.722. The van der Waals surface area contributed by atoms with Crippen LogP contribution in [0, 0.1) is 0 Å². The molecule has 2 aliphatic rings. The van der Waals surface area contributed by atoms with Crippen molar-refractivity contribution in [2.75, 3.05) is 26.2 Å². The maximum atomic E-state index is 13.2. The lowest BCUT2D eigenvalue weighted by Crippen LogP contribution is -2.33. The molecular formula is C27H32N2O5. The van der Waals surface area contributed by atoms with Crippen LogP contribution in [0.2, 0.25) is 0 Å². The lowest BCUT2D eigenvalue weighted by atomic mass is 9.94. The molecule has 1 fully saturated rings. The Labute approximate surface area is 200 Å². The number of aromatic hydroxyl groups is 1. The first kappa shape index (κ1) is 23.8. The third kappa shape index (κ3) is 4.53. The number of ether oxygens (including phenoxy) is 1. The monoisotopic (exact) mass is 464 g/mol. The van der Waals surface area contributed by atoms with Crippen molar-refractivity contribution < 1.29 is 24.5 Å². The van der Waals surface area contributed by atoms with Gasteiger partial charge < -0.3 is 24.7 Å². The summed E-state index contributed by atoms with van der Waals surface area (Å²) < 4.78 is 5.75. The Kier molecular flexibility index (Phi) is 6.93. The van der Waals surface area contributed by atoms with Crippen molar-refractivity contribution in [1.82, 2.24) is 9.80 Å². The number of hydrogen-bond donors (Lipinski definition) is 2. The molecule has 2 N–H and O–H groups in total. The van der Waals surface area contributed by atoms with Crippen molar-refractivity contribution in [2.24, 2.45) is 0 Å². The summed E-state index contributed by atoms with van der Waals surface area (Å²) in [7, 11) is 0. The van der Waals surface area contributed by atoms with E-state index in [2.05, 4.69) is 18.7 Å². The molecule has 0 aromatic heterocycles. The lowest BCUT2D eigenvalue weighted by Gasteiger charge is -2.26. The summed E-state index contributed by atoms with van der Waals surface area (Å²) in [5.74, 6) is -0.628. The highest BCUT2D eigenvalue weighted by Crippen LogP contribution is 2.41. The van der Waals surface area contributed by atoms with Gasteiger partial charge in [0.25, 0.3) is 11.7 Å². The molecule has 2 unspecified atom stereocenters. The average Bonchev–Trinajstić information content (AvgIpc) is 3.32. The molecular weight excluding hydrogens is 432 g/mol. The van der Waals surface area contributed by atoms with Crippen LogP contribution in [0.4, 0.5) is 0 Å². The van der Waals surface area contributed by atoms with E-state index in [9.17, 15) is 19.8 Å². The zero-order valence-corrected chi connectivity index (χ0v) is 20.0. The molecule has 34 heavy (non-hydrogen) atoms. The van der Waals surface area contributed by atoms with Crippen LogP contribution in [0.3, 0.4) is 0 Å². The maximum absolute atomic E-state index is 13.2. The lowest BCUT2D eigenvalue weighted by molar-refractivity contribution is -0.140. The summed E-state index contributed by atoms with van der Waals surface area (Å²) >= 11 is 0. The number of ketones is 1. The molecule has 1 saturated heterocycles. The van der Waals surface area contributed by atoms with Gasteiger partial charge in [0.2, 0.25) is 0 Å². The number of phenols is 1. The maximum Gasteiger partial charge on any atom is 0.295 e. The minimum absolute atomic E-state index is 0.0563. The number of amides is 1. The second-order valence-corrected chi connectivity index (χ2v) is 8.92. The molecule has 2 aliphatic heterocycles. The van der Waals surface area contributed by atoms with Crippen molar-refractivity contribution in [2.45, 2.75) is 45.8 Å². The van der Waals surface area contributed by atoms with Crippen molar-refractivity contribution in [3.8, 4) is 11.5 Å². The van der Waals surface area contributed by atoms with Gasteiger partial charge >= 0.3 is 0 Å². The molecule has 7 nitrogen and oxygen atoms in total. The summed E-state index contributed by atoms with van der Waals surface area (Å²) in [6.07, 6.45) is 1.48. The number of hydrogen-bond acceptors (Lipinski definition) is 6. The molecule has 2 aromatic rings. The topological polar surface area (TPSA) is 90.3 Å². The Morgan fingerprint density at radius 3 is 2.50 bits per heavy atom. The van der Waals surface area contributed by atoms with E-state index in [0.29, 0.717) is 24.1 Å². The molecule has 0 bridgehead atoms. The van der Waals surface area contributed by atoms with Crippen molar-refractivity contribution in [1.29, 1.82) is 0 Å². The molecule has 0 radical (unpaired) electrons. The minimum Gasteiger partial charge on any atom is -0.508 e. The SMILES string of the molecule is CCN(CC)CCCN1C(=O)C(=O)/C(=C(\O)c2ccc3c(c2)CC(C)O3)C1c1ccc(O)cc1. The van der Waals surface area contributed by atoms with E-state index >= 15 is 0 Å². The van der Waals surface area contributed by atoms with Crippen LogP contribution in [0.25, 0.3) is 5.76 Å². The number of carbonyl (C=O) groups is 2. The second-order valence-electron chi connectivity index (χ2n) is 8.92. The number of Topliss-reactive ketones (excluding diaryl/α,β-unsaturated/α-hetero) is 1. The molecule has 7 heteroatoms. The van der Waals surface area contributed by atoms with Gasteiger partial charge in [0.1, 0.15) is 23.4 Å². The normalized spacial score (nSPS) is 21.2. The Morgan fingerprint density at radius 1 is 1.12 bits per heavy atom. The van der Waals surface area contributed by atoms with Crippen molar-refractivity contribution in [3.05, 3.63) is 64.7 Å². The van der Waals surface area contributed by atoms with Gasteiger partial charge in [-0.2, -0.15) is 0 Å². The van der Waals surface area contributed by atoms with E-state index in [1.807, 2.05) is 13.0 Å². The number of rotatable bonds is 8. The number of aliphatic hydroxyl groups excluding tert-OH is 1. The molecule has 2 aromatic carbocycles. The third-order valence-electron chi connectivity index (χ3n) is 6.69. The summed E-state index contributed by atoms with van der Waals surface area (Å²) in [5.41, 5.74) is 2.19. The van der Waals surface area contributed by atoms with E-state index in [1.165, 1.54) is 12.1 Å². The van der Waals surface area contributed by atoms with E-state index in [1.54, 1.807) is 29.2 Å². The van der Waals surface area contributed by atoms with Crippen LogP contribution < -0.4 is 4.74 Å². The van der Waals surface area contributed by atoms with E-state index in [0.717, 1.165) is 37.4 Å². The second kappa shape index (κ2) is 9.89. The first-order valence-electron chi connectivity index (χ1n) is 11.9.